The van der Waals surface area contributed by atoms with Crippen LogP contribution in [-0.4, -0.2) is 4.98 Å². The minimum Gasteiger partial charge on any atom is -0.271 e. The molecule has 0 aliphatic carbocycles. The van der Waals surface area contributed by atoms with Gasteiger partial charge in [-0.25, -0.2) is 8.78 Å². The van der Waals surface area contributed by atoms with Crippen molar-refractivity contribution in [3.8, 4) is 0 Å². The summed E-state index contributed by atoms with van der Waals surface area (Å²) < 4.78 is 26.3. The van der Waals surface area contributed by atoms with E-state index in [2.05, 4.69) is 10.4 Å². The highest BCUT2D eigenvalue weighted by atomic mass is 19.1. The van der Waals surface area contributed by atoms with E-state index < -0.39 is 5.82 Å². The third kappa shape index (κ3) is 2.88. The van der Waals surface area contributed by atoms with Crippen molar-refractivity contribution in [2.24, 2.45) is 5.84 Å². The first-order valence-electron chi connectivity index (χ1n) is 5.51. The number of hydrazine groups is 1. The second-order valence-corrected chi connectivity index (χ2v) is 3.92. The number of nitrogens with one attached hydrogen (secondary N) is 1. The lowest BCUT2D eigenvalue weighted by atomic mass is 10.0. The van der Waals surface area contributed by atoms with E-state index in [1.54, 1.807) is 18.2 Å². The molecule has 0 radical (unpaired) electrons. The Bertz CT molecular complexity index is 514. The largest absolute Gasteiger partial charge is 0.271 e. The van der Waals surface area contributed by atoms with E-state index in [4.69, 9.17) is 5.84 Å². The summed E-state index contributed by atoms with van der Waals surface area (Å²) >= 11 is 0. The minimum absolute atomic E-state index is 0.292. The van der Waals surface area contributed by atoms with Crippen LogP contribution in [0.3, 0.4) is 0 Å². The van der Waals surface area contributed by atoms with Gasteiger partial charge in [0.1, 0.15) is 11.6 Å². The van der Waals surface area contributed by atoms with Gasteiger partial charge in [0.25, 0.3) is 0 Å². The van der Waals surface area contributed by atoms with Crippen LogP contribution in [0.25, 0.3) is 0 Å². The predicted molar refractivity (Wildman–Crippen MR) is 64.4 cm³/mol. The molecule has 2 aromatic rings. The lowest BCUT2D eigenvalue weighted by Crippen LogP contribution is -2.30. The van der Waals surface area contributed by atoms with Gasteiger partial charge in [0.05, 0.1) is 17.9 Å². The minimum atomic E-state index is -0.416. The highest BCUT2D eigenvalue weighted by Gasteiger charge is 2.14. The summed E-state index contributed by atoms with van der Waals surface area (Å²) in [6, 6.07) is 8.92. The normalized spacial score (nSPS) is 12.4. The molecule has 5 heteroatoms. The van der Waals surface area contributed by atoms with Gasteiger partial charge in [0.2, 0.25) is 0 Å². The zero-order valence-corrected chi connectivity index (χ0v) is 9.61. The summed E-state index contributed by atoms with van der Waals surface area (Å²) in [6.07, 6.45) is 1.46. The van der Waals surface area contributed by atoms with Crippen molar-refractivity contribution in [2.45, 2.75) is 12.5 Å². The number of aromatic nitrogens is 1. The fourth-order valence-electron chi connectivity index (χ4n) is 1.73. The molecule has 0 aliphatic heterocycles. The average Bonchev–Trinajstić information content (AvgIpc) is 2.39. The number of nitrogens with two attached hydrogens (primary N) is 1. The number of benzene rings is 1. The molecule has 1 atom stereocenters. The van der Waals surface area contributed by atoms with Crippen LogP contribution in [0, 0.1) is 11.6 Å². The number of hydrogen-bond donors (Lipinski definition) is 2. The number of halogens is 2. The van der Waals surface area contributed by atoms with Crippen molar-refractivity contribution < 1.29 is 8.78 Å². The maximum Gasteiger partial charge on any atom is 0.141 e. The van der Waals surface area contributed by atoms with Gasteiger partial charge in [-0.05, 0) is 30.2 Å². The van der Waals surface area contributed by atoms with Crippen molar-refractivity contribution in [3.05, 3.63) is 65.5 Å². The van der Waals surface area contributed by atoms with Gasteiger partial charge in [-0.3, -0.25) is 16.3 Å². The van der Waals surface area contributed by atoms with E-state index in [0.717, 1.165) is 6.20 Å². The smallest absolute Gasteiger partial charge is 0.141 e. The van der Waals surface area contributed by atoms with E-state index in [1.807, 2.05) is 0 Å². The van der Waals surface area contributed by atoms with E-state index in [-0.39, 0.29) is 11.9 Å². The molecule has 1 aromatic carbocycles. The number of pyridine rings is 1. The van der Waals surface area contributed by atoms with Crippen LogP contribution in [0.15, 0.2) is 42.6 Å². The maximum absolute atomic E-state index is 13.5. The molecule has 0 saturated carbocycles. The summed E-state index contributed by atoms with van der Waals surface area (Å²) in [5, 5.41) is 0. The van der Waals surface area contributed by atoms with E-state index >= 15 is 0 Å². The van der Waals surface area contributed by atoms with Crippen LogP contribution in [0.4, 0.5) is 8.78 Å². The molecular weight excluding hydrogens is 236 g/mol. The lowest BCUT2D eigenvalue weighted by molar-refractivity contribution is 0.515. The number of hydrogen-bond acceptors (Lipinski definition) is 3. The fraction of sp³-hybridized carbons (Fsp3) is 0.154. The van der Waals surface area contributed by atoms with E-state index in [1.165, 1.54) is 18.2 Å². The van der Waals surface area contributed by atoms with Crippen molar-refractivity contribution >= 4 is 0 Å². The van der Waals surface area contributed by atoms with Gasteiger partial charge in [0.15, 0.2) is 0 Å². The number of nitrogens with zero attached hydrogens (tertiary/aromatic N) is 1. The molecule has 3 nitrogen and oxygen atoms in total. The Labute approximate surface area is 104 Å². The predicted octanol–water partition coefficient (Wildman–Crippen LogP) is 2.11. The van der Waals surface area contributed by atoms with Gasteiger partial charge in [-0.1, -0.05) is 18.2 Å². The topological polar surface area (TPSA) is 50.9 Å². The molecular formula is C13H13F2N3. The number of rotatable bonds is 4. The Balaban J connectivity index is 2.20. The molecule has 18 heavy (non-hydrogen) atoms. The average molecular weight is 249 g/mol. The molecule has 0 aliphatic rings. The lowest BCUT2D eigenvalue weighted by Gasteiger charge is -2.15. The van der Waals surface area contributed by atoms with Gasteiger partial charge < -0.3 is 0 Å². The summed E-state index contributed by atoms with van der Waals surface area (Å²) in [5.41, 5.74) is 3.67. The summed E-state index contributed by atoms with van der Waals surface area (Å²) in [4.78, 5) is 3.94. The van der Waals surface area contributed by atoms with Gasteiger partial charge >= 0.3 is 0 Å². The second-order valence-electron chi connectivity index (χ2n) is 3.92. The second kappa shape index (κ2) is 5.66. The van der Waals surface area contributed by atoms with Crippen LogP contribution >= 0.6 is 0 Å². The summed E-state index contributed by atoms with van der Waals surface area (Å²) in [7, 11) is 0. The summed E-state index contributed by atoms with van der Waals surface area (Å²) in [5.74, 6) is 4.73. The highest BCUT2D eigenvalue weighted by molar-refractivity contribution is 5.21. The Kier molecular flexibility index (Phi) is 3.96. The summed E-state index contributed by atoms with van der Waals surface area (Å²) in [6.45, 7) is 0. The molecule has 1 unspecified atom stereocenters. The van der Waals surface area contributed by atoms with Crippen LogP contribution in [-0.2, 0) is 6.42 Å². The monoisotopic (exact) mass is 249 g/mol. The molecule has 0 spiro atoms. The molecule has 0 fully saturated rings. The fourth-order valence-corrected chi connectivity index (χ4v) is 1.73. The van der Waals surface area contributed by atoms with Crippen LogP contribution in [0.5, 0.6) is 0 Å². The van der Waals surface area contributed by atoms with Crippen molar-refractivity contribution in [1.29, 1.82) is 0 Å². The third-order valence-electron chi connectivity index (χ3n) is 2.69. The van der Waals surface area contributed by atoms with Crippen molar-refractivity contribution in [1.82, 2.24) is 10.4 Å². The zero-order valence-electron chi connectivity index (χ0n) is 9.61. The zero-order chi connectivity index (χ0) is 13.0. The quantitative estimate of drug-likeness (QED) is 0.644. The Morgan fingerprint density at radius 3 is 2.56 bits per heavy atom. The molecule has 94 valence electrons. The van der Waals surface area contributed by atoms with Crippen LogP contribution in [0.1, 0.15) is 17.3 Å². The molecule has 0 saturated heterocycles. The van der Waals surface area contributed by atoms with Gasteiger partial charge in [0, 0.05) is 0 Å². The first-order valence-corrected chi connectivity index (χ1v) is 5.51. The van der Waals surface area contributed by atoms with E-state index in [9.17, 15) is 8.78 Å². The first-order chi connectivity index (χ1) is 8.70. The highest BCUT2D eigenvalue weighted by Crippen LogP contribution is 2.18. The third-order valence-corrected chi connectivity index (χ3v) is 2.69. The Morgan fingerprint density at radius 1 is 1.17 bits per heavy atom. The molecule has 3 N–H and O–H groups in total. The molecule has 2 rings (SSSR count). The van der Waals surface area contributed by atoms with Gasteiger partial charge in [-0.2, -0.15) is 0 Å². The standard InChI is InChI=1S/C13H13F2N3/c14-10-5-6-12(17-8-10)13(18-16)7-9-3-1-2-4-11(9)15/h1-6,8,13,18H,7,16H2. The Morgan fingerprint density at radius 2 is 1.94 bits per heavy atom. The van der Waals surface area contributed by atoms with Crippen LogP contribution < -0.4 is 11.3 Å². The maximum atomic E-state index is 13.5. The molecule has 1 heterocycles. The van der Waals surface area contributed by atoms with Gasteiger partial charge in [-0.15, -0.1) is 0 Å². The SMILES string of the molecule is NNC(Cc1ccccc1F)c1ccc(F)cn1. The van der Waals surface area contributed by atoms with Crippen molar-refractivity contribution in [2.75, 3.05) is 0 Å². The molecule has 0 bridgehead atoms. The van der Waals surface area contributed by atoms with Crippen LogP contribution in [0.2, 0.25) is 0 Å². The first kappa shape index (κ1) is 12.6. The molecule has 1 aromatic heterocycles. The Hall–Kier alpha value is -1.85. The van der Waals surface area contributed by atoms with Crippen molar-refractivity contribution in [3.63, 3.8) is 0 Å². The van der Waals surface area contributed by atoms with E-state index in [0.29, 0.717) is 17.7 Å². The molecule has 0 amide bonds.